The summed E-state index contributed by atoms with van der Waals surface area (Å²) >= 11 is 0. The predicted molar refractivity (Wildman–Crippen MR) is 232 cm³/mol. The first-order valence-electron chi connectivity index (χ1n) is 19.1. The molecule has 2 nitrogen and oxygen atoms in total. The van der Waals surface area contributed by atoms with E-state index in [4.69, 9.17) is 4.42 Å². The lowest BCUT2D eigenvalue weighted by Crippen LogP contribution is -2.17. The summed E-state index contributed by atoms with van der Waals surface area (Å²) < 4.78 is 6.36. The summed E-state index contributed by atoms with van der Waals surface area (Å²) in [5, 5.41) is 7.12. The third-order valence-electron chi connectivity index (χ3n) is 11.8. The number of rotatable bonds is 5. The van der Waals surface area contributed by atoms with Crippen LogP contribution in [-0.2, 0) is 5.41 Å². The van der Waals surface area contributed by atoms with Crippen molar-refractivity contribution in [2.75, 3.05) is 4.90 Å². The molecule has 0 bridgehead atoms. The zero-order chi connectivity index (χ0) is 36.7. The summed E-state index contributed by atoms with van der Waals surface area (Å²) in [5.41, 5.74) is 15.0. The molecule has 2 heteroatoms. The van der Waals surface area contributed by atoms with Crippen LogP contribution < -0.4 is 4.90 Å². The number of hydrogen-bond donors (Lipinski definition) is 0. The van der Waals surface area contributed by atoms with Gasteiger partial charge >= 0.3 is 0 Å². The van der Waals surface area contributed by atoms with Gasteiger partial charge in [0.2, 0.25) is 0 Å². The first-order chi connectivity index (χ1) is 27.0. The fourth-order valence-corrected chi connectivity index (χ4v) is 9.17. The lowest BCUT2D eigenvalue weighted by Gasteiger charge is -2.31. The Morgan fingerprint density at radius 1 is 0.400 bits per heavy atom. The number of hydrogen-bond acceptors (Lipinski definition) is 2. The molecular formula is C53H37NO. The van der Waals surface area contributed by atoms with Gasteiger partial charge in [0.05, 0.1) is 5.69 Å². The molecule has 1 aliphatic rings. The molecule has 0 atom stereocenters. The van der Waals surface area contributed by atoms with E-state index in [0.29, 0.717) is 0 Å². The van der Waals surface area contributed by atoms with Gasteiger partial charge in [0, 0.05) is 33.1 Å². The van der Waals surface area contributed by atoms with Gasteiger partial charge in [-0.25, -0.2) is 0 Å². The number of benzene rings is 9. The Labute approximate surface area is 320 Å². The lowest BCUT2D eigenvalue weighted by atomic mass is 9.82. The Morgan fingerprint density at radius 3 is 1.95 bits per heavy atom. The minimum Gasteiger partial charge on any atom is -0.456 e. The summed E-state index contributed by atoms with van der Waals surface area (Å²) in [4.78, 5) is 2.47. The second-order valence-corrected chi connectivity index (χ2v) is 15.3. The molecule has 55 heavy (non-hydrogen) atoms. The average molecular weight is 704 g/mol. The van der Waals surface area contributed by atoms with E-state index >= 15 is 0 Å². The maximum atomic E-state index is 6.36. The summed E-state index contributed by atoms with van der Waals surface area (Å²) in [6, 6.07) is 68.7. The SMILES string of the molecule is CC1(C)c2ccccc2-c2ccc(N(c3ccc4oc5ccccc5c4c3)c3cccc(-c4cccc5ccccc45)c3-c3ccc4ccccc4c3)cc21. The molecule has 0 N–H and O–H groups in total. The molecule has 0 radical (unpaired) electrons. The third kappa shape index (κ3) is 4.88. The molecule has 0 unspecified atom stereocenters. The first-order valence-corrected chi connectivity index (χ1v) is 19.1. The molecule has 0 fully saturated rings. The van der Waals surface area contributed by atoms with Gasteiger partial charge < -0.3 is 9.32 Å². The van der Waals surface area contributed by atoms with E-state index in [1.165, 1.54) is 66.1 Å². The highest BCUT2D eigenvalue weighted by atomic mass is 16.3. The maximum Gasteiger partial charge on any atom is 0.135 e. The number of nitrogens with zero attached hydrogens (tertiary/aromatic N) is 1. The van der Waals surface area contributed by atoms with Crippen molar-refractivity contribution < 1.29 is 4.42 Å². The van der Waals surface area contributed by atoms with Crippen LogP contribution in [0.1, 0.15) is 25.0 Å². The number of furan rings is 1. The largest absolute Gasteiger partial charge is 0.456 e. The van der Waals surface area contributed by atoms with Crippen LogP contribution in [-0.4, -0.2) is 0 Å². The summed E-state index contributed by atoms with van der Waals surface area (Å²) in [5.74, 6) is 0. The third-order valence-corrected chi connectivity index (χ3v) is 11.8. The molecule has 1 aliphatic carbocycles. The molecule has 9 aromatic carbocycles. The fraction of sp³-hybridized carbons (Fsp3) is 0.0566. The maximum absolute atomic E-state index is 6.36. The highest BCUT2D eigenvalue weighted by Crippen LogP contribution is 2.52. The van der Waals surface area contributed by atoms with E-state index < -0.39 is 0 Å². The smallest absolute Gasteiger partial charge is 0.135 e. The van der Waals surface area contributed by atoms with Crippen LogP contribution in [0.4, 0.5) is 17.1 Å². The molecule has 260 valence electrons. The molecule has 0 amide bonds. The van der Waals surface area contributed by atoms with Crippen molar-refractivity contribution in [2.45, 2.75) is 19.3 Å². The van der Waals surface area contributed by atoms with Crippen molar-refractivity contribution in [3.05, 3.63) is 199 Å². The van der Waals surface area contributed by atoms with Crippen LogP contribution in [0.25, 0.3) is 76.9 Å². The van der Waals surface area contributed by atoms with Gasteiger partial charge in [0.1, 0.15) is 11.2 Å². The van der Waals surface area contributed by atoms with Gasteiger partial charge in [-0.05, 0) is 109 Å². The van der Waals surface area contributed by atoms with Gasteiger partial charge in [0.25, 0.3) is 0 Å². The quantitative estimate of drug-likeness (QED) is 0.177. The Bertz CT molecular complexity index is 3140. The number of anilines is 3. The van der Waals surface area contributed by atoms with Crippen molar-refractivity contribution in [1.29, 1.82) is 0 Å². The topological polar surface area (TPSA) is 16.4 Å². The van der Waals surface area contributed by atoms with E-state index in [1.54, 1.807) is 0 Å². The van der Waals surface area contributed by atoms with Crippen molar-refractivity contribution in [3.63, 3.8) is 0 Å². The van der Waals surface area contributed by atoms with Crippen molar-refractivity contribution in [1.82, 2.24) is 0 Å². The molecule has 1 heterocycles. The highest BCUT2D eigenvalue weighted by molar-refractivity contribution is 6.09. The molecule has 10 aromatic rings. The van der Waals surface area contributed by atoms with Crippen LogP contribution in [0.3, 0.4) is 0 Å². The Balaban J connectivity index is 1.23. The molecule has 0 spiro atoms. The summed E-state index contributed by atoms with van der Waals surface area (Å²) in [6.07, 6.45) is 0. The van der Waals surface area contributed by atoms with E-state index in [1.807, 2.05) is 6.07 Å². The number of para-hydroxylation sites is 1. The van der Waals surface area contributed by atoms with Crippen LogP contribution in [0.2, 0.25) is 0 Å². The zero-order valence-corrected chi connectivity index (χ0v) is 30.8. The molecule has 0 saturated carbocycles. The molecule has 1 aromatic heterocycles. The monoisotopic (exact) mass is 703 g/mol. The van der Waals surface area contributed by atoms with Crippen LogP contribution in [0.15, 0.2) is 192 Å². The number of fused-ring (bicyclic) bond motifs is 8. The van der Waals surface area contributed by atoms with Gasteiger partial charge in [0.15, 0.2) is 0 Å². The van der Waals surface area contributed by atoms with Crippen LogP contribution in [0, 0.1) is 0 Å². The lowest BCUT2D eigenvalue weighted by molar-refractivity contribution is 0.660. The van der Waals surface area contributed by atoms with E-state index in [9.17, 15) is 0 Å². The van der Waals surface area contributed by atoms with E-state index in [2.05, 4.69) is 201 Å². The summed E-state index contributed by atoms with van der Waals surface area (Å²) in [7, 11) is 0. The predicted octanol–water partition coefficient (Wildman–Crippen LogP) is 15.0. The van der Waals surface area contributed by atoms with Crippen molar-refractivity contribution in [3.8, 4) is 33.4 Å². The van der Waals surface area contributed by atoms with Gasteiger partial charge in [-0.1, -0.05) is 153 Å². The van der Waals surface area contributed by atoms with E-state index in [0.717, 1.165) is 39.0 Å². The van der Waals surface area contributed by atoms with Crippen molar-refractivity contribution in [2.24, 2.45) is 0 Å². The Hall–Kier alpha value is -6.90. The van der Waals surface area contributed by atoms with Gasteiger partial charge in [-0.15, -0.1) is 0 Å². The molecule has 11 rings (SSSR count). The average Bonchev–Trinajstić information content (AvgIpc) is 3.72. The molecule has 0 aliphatic heterocycles. The highest BCUT2D eigenvalue weighted by Gasteiger charge is 2.36. The summed E-state index contributed by atoms with van der Waals surface area (Å²) in [6.45, 7) is 4.72. The molecule has 0 saturated heterocycles. The normalized spacial score (nSPS) is 13.1. The van der Waals surface area contributed by atoms with Crippen molar-refractivity contribution >= 4 is 60.5 Å². The van der Waals surface area contributed by atoms with E-state index in [-0.39, 0.29) is 5.41 Å². The standard InChI is InChI=1S/C53H37NO/c1-53(2)47-22-9-7-18-42(47)43-29-27-39(33-48(43)53)54(38-28-30-51-46(32-38)44-19-8-10-24-50(44)55-51)49-23-12-21-45(41-20-11-16-35-14-5-6-17-40(35)41)52(49)37-26-25-34-13-3-4-15-36(34)31-37/h3-33H,1-2H3. The zero-order valence-electron chi connectivity index (χ0n) is 30.8. The van der Waals surface area contributed by atoms with Gasteiger partial charge in [-0.2, -0.15) is 0 Å². The molecular weight excluding hydrogens is 667 g/mol. The van der Waals surface area contributed by atoms with Crippen LogP contribution >= 0.6 is 0 Å². The fourth-order valence-electron chi connectivity index (χ4n) is 9.17. The Kier molecular flexibility index (Phi) is 6.93. The Morgan fingerprint density at radius 2 is 1.04 bits per heavy atom. The minimum atomic E-state index is -0.149. The minimum absolute atomic E-state index is 0.149. The van der Waals surface area contributed by atoms with Gasteiger partial charge in [-0.3, -0.25) is 0 Å². The second-order valence-electron chi connectivity index (χ2n) is 15.3. The first kappa shape index (κ1) is 31.6. The van der Waals surface area contributed by atoms with Crippen LogP contribution in [0.5, 0.6) is 0 Å². The second kappa shape index (κ2) is 12.1.